The van der Waals surface area contributed by atoms with E-state index in [4.69, 9.17) is 4.74 Å². The van der Waals surface area contributed by atoms with Crippen molar-refractivity contribution in [2.45, 2.75) is 24.9 Å². The zero-order chi connectivity index (χ0) is 13.0. The van der Waals surface area contributed by atoms with Gasteiger partial charge < -0.3 is 14.6 Å². The van der Waals surface area contributed by atoms with E-state index in [1.165, 1.54) is 7.11 Å². The van der Waals surface area contributed by atoms with Gasteiger partial charge in [0, 0.05) is 13.2 Å². The van der Waals surface area contributed by atoms with Crippen LogP contribution in [-0.2, 0) is 14.3 Å². The zero-order valence-electron chi connectivity index (χ0n) is 10.5. The van der Waals surface area contributed by atoms with Crippen LogP contribution in [0.15, 0.2) is 24.3 Å². The van der Waals surface area contributed by atoms with Crippen molar-refractivity contribution in [3.8, 4) is 0 Å². The molecule has 0 aliphatic carbocycles. The van der Waals surface area contributed by atoms with Crippen molar-refractivity contribution in [3.63, 3.8) is 0 Å². The number of hydrogen-bond donors (Lipinski definition) is 1. The van der Waals surface area contributed by atoms with Crippen LogP contribution in [0.1, 0.15) is 36.0 Å². The van der Waals surface area contributed by atoms with Crippen LogP contribution in [0.25, 0.3) is 0 Å². The van der Waals surface area contributed by atoms with Gasteiger partial charge in [-0.1, -0.05) is 24.3 Å². The van der Waals surface area contributed by atoms with Crippen LogP contribution in [-0.4, -0.2) is 31.4 Å². The third-order valence-electron chi connectivity index (χ3n) is 3.34. The van der Waals surface area contributed by atoms with E-state index in [9.17, 15) is 9.90 Å². The Morgan fingerprint density at radius 3 is 2.83 bits per heavy atom. The minimum absolute atomic E-state index is 0.448. The highest BCUT2D eigenvalue weighted by Crippen LogP contribution is 2.28. The van der Waals surface area contributed by atoms with Crippen molar-refractivity contribution < 1.29 is 19.4 Å². The number of esters is 1. The van der Waals surface area contributed by atoms with E-state index in [-0.39, 0.29) is 0 Å². The topological polar surface area (TPSA) is 55.8 Å². The summed E-state index contributed by atoms with van der Waals surface area (Å²) >= 11 is 0. The summed E-state index contributed by atoms with van der Waals surface area (Å²) in [6.45, 7) is 1.54. The number of benzene rings is 1. The first-order valence-electron chi connectivity index (χ1n) is 6.16. The average molecular weight is 250 g/mol. The average Bonchev–Trinajstić information content (AvgIpc) is 2.46. The lowest BCUT2D eigenvalue weighted by Gasteiger charge is -2.23. The van der Waals surface area contributed by atoms with Crippen molar-refractivity contribution in [1.29, 1.82) is 0 Å². The van der Waals surface area contributed by atoms with Crippen LogP contribution >= 0.6 is 0 Å². The van der Waals surface area contributed by atoms with Gasteiger partial charge in [0.1, 0.15) is 0 Å². The maximum absolute atomic E-state index is 11.3. The largest absolute Gasteiger partial charge is 0.467 e. The summed E-state index contributed by atoms with van der Waals surface area (Å²) in [5, 5.41) is 9.81. The number of ether oxygens (including phenoxy) is 2. The number of aliphatic hydroxyl groups excluding tert-OH is 1. The summed E-state index contributed by atoms with van der Waals surface area (Å²) in [6.07, 6.45) is 0.769. The minimum Gasteiger partial charge on any atom is -0.467 e. The second-order valence-corrected chi connectivity index (χ2v) is 4.48. The minimum atomic E-state index is -1.20. The Balaban J connectivity index is 2.16. The fraction of sp³-hybridized carbons (Fsp3) is 0.500. The van der Waals surface area contributed by atoms with E-state index < -0.39 is 12.1 Å². The second kappa shape index (κ2) is 5.98. The SMILES string of the molecule is COC(=O)C(O)c1cccc(C2CCOCC2)c1. The molecule has 1 atom stereocenters. The molecule has 18 heavy (non-hydrogen) atoms. The standard InChI is InChI=1S/C14H18O4/c1-17-14(16)13(15)12-4-2-3-11(9-12)10-5-7-18-8-6-10/h2-4,9-10,13,15H,5-8H2,1H3. The quantitative estimate of drug-likeness (QED) is 0.831. The first-order chi connectivity index (χ1) is 8.72. The Morgan fingerprint density at radius 1 is 1.44 bits per heavy atom. The van der Waals surface area contributed by atoms with Gasteiger partial charge in [0.2, 0.25) is 0 Å². The number of carbonyl (C=O) groups excluding carboxylic acids is 1. The van der Waals surface area contributed by atoms with E-state index in [2.05, 4.69) is 4.74 Å². The van der Waals surface area contributed by atoms with Crippen LogP contribution in [0, 0.1) is 0 Å². The lowest BCUT2D eigenvalue weighted by molar-refractivity contribution is -0.150. The summed E-state index contributed by atoms with van der Waals surface area (Å²) in [4.78, 5) is 11.3. The van der Waals surface area contributed by atoms with E-state index in [1.54, 1.807) is 6.07 Å². The molecule has 0 bridgehead atoms. The van der Waals surface area contributed by atoms with Crippen LogP contribution in [0.3, 0.4) is 0 Å². The molecule has 1 heterocycles. The predicted molar refractivity (Wildman–Crippen MR) is 66.2 cm³/mol. The number of rotatable bonds is 3. The summed E-state index contributed by atoms with van der Waals surface area (Å²) < 4.78 is 9.87. The Bertz CT molecular complexity index is 410. The number of hydrogen-bond acceptors (Lipinski definition) is 4. The summed E-state index contributed by atoms with van der Waals surface area (Å²) in [6, 6.07) is 7.53. The van der Waals surface area contributed by atoms with Gasteiger partial charge in [-0.2, -0.15) is 0 Å². The summed E-state index contributed by atoms with van der Waals surface area (Å²) in [5.74, 6) is -0.178. The van der Waals surface area contributed by atoms with Gasteiger partial charge in [-0.15, -0.1) is 0 Å². The molecular weight excluding hydrogens is 232 g/mol. The smallest absolute Gasteiger partial charge is 0.339 e. The Kier molecular flexibility index (Phi) is 4.33. The Labute approximate surface area is 107 Å². The molecular formula is C14H18O4. The fourth-order valence-electron chi connectivity index (χ4n) is 2.26. The third kappa shape index (κ3) is 2.89. The third-order valence-corrected chi connectivity index (χ3v) is 3.34. The molecule has 1 aromatic rings. The van der Waals surface area contributed by atoms with E-state index in [0.29, 0.717) is 11.5 Å². The van der Waals surface area contributed by atoms with Gasteiger partial charge in [-0.25, -0.2) is 4.79 Å². The Morgan fingerprint density at radius 2 is 2.17 bits per heavy atom. The molecule has 1 aromatic carbocycles. The number of carbonyl (C=O) groups is 1. The van der Waals surface area contributed by atoms with Gasteiger partial charge in [-0.3, -0.25) is 0 Å². The van der Waals surface area contributed by atoms with E-state index >= 15 is 0 Å². The maximum atomic E-state index is 11.3. The van der Waals surface area contributed by atoms with Crippen LogP contribution < -0.4 is 0 Å². The van der Waals surface area contributed by atoms with Crippen molar-refractivity contribution in [2.24, 2.45) is 0 Å². The first-order valence-corrected chi connectivity index (χ1v) is 6.16. The molecule has 1 fully saturated rings. The predicted octanol–water partition coefficient (Wildman–Crippen LogP) is 1.79. The highest BCUT2D eigenvalue weighted by atomic mass is 16.5. The summed E-state index contributed by atoms with van der Waals surface area (Å²) in [5.41, 5.74) is 1.74. The monoisotopic (exact) mass is 250 g/mol. The molecule has 4 nitrogen and oxygen atoms in total. The number of methoxy groups -OCH3 is 1. The van der Waals surface area contributed by atoms with Crippen LogP contribution in [0.5, 0.6) is 0 Å². The summed E-state index contributed by atoms with van der Waals surface area (Å²) in [7, 11) is 1.27. The maximum Gasteiger partial charge on any atom is 0.339 e. The highest BCUT2D eigenvalue weighted by Gasteiger charge is 2.20. The molecule has 1 aliphatic rings. The van der Waals surface area contributed by atoms with Gasteiger partial charge in [0.05, 0.1) is 7.11 Å². The molecule has 98 valence electrons. The van der Waals surface area contributed by atoms with Crippen molar-refractivity contribution >= 4 is 5.97 Å². The first kappa shape index (κ1) is 13.1. The molecule has 1 saturated heterocycles. The van der Waals surface area contributed by atoms with Crippen molar-refractivity contribution in [3.05, 3.63) is 35.4 Å². The van der Waals surface area contributed by atoms with Crippen LogP contribution in [0.4, 0.5) is 0 Å². The molecule has 2 rings (SSSR count). The normalized spacial score (nSPS) is 18.3. The molecule has 0 saturated carbocycles. The van der Waals surface area contributed by atoms with Gasteiger partial charge >= 0.3 is 5.97 Å². The molecule has 0 amide bonds. The lowest BCUT2D eigenvalue weighted by atomic mass is 9.90. The molecule has 4 heteroatoms. The van der Waals surface area contributed by atoms with Gasteiger partial charge in [0.25, 0.3) is 0 Å². The Hall–Kier alpha value is -1.39. The molecule has 0 radical (unpaired) electrons. The molecule has 0 aromatic heterocycles. The van der Waals surface area contributed by atoms with Gasteiger partial charge in [-0.05, 0) is 29.9 Å². The van der Waals surface area contributed by atoms with E-state index in [1.807, 2.05) is 18.2 Å². The zero-order valence-corrected chi connectivity index (χ0v) is 10.5. The highest BCUT2D eigenvalue weighted by molar-refractivity contribution is 5.76. The fourth-order valence-corrected chi connectivity index (χ4v) is 2.26. The second-order valence-electron chi connectivity index (χ2n) is 4.48. The molecule has 1 unspecified atom stereocenters. The van der Waals surface area contributed by atoms with Crippen molar-refractivity contribution in [1.82, 2.24) is 0 Å². The molecule has 0 spiro atoms. The van der Waals surface area contributed by atoms with Crippen molar-refractivity contribution in [2.75, 3.05) is 20.3 Å². The number of aliphatic hydroxyl groups is 1. The molecule has 1 N–H and O–H groups in total. The lowest BCUT2D eigenvalue weighted by Crippen LogP contribution is -2.16. The van der Waals surface area contributed by atoms with Gasteiger partial charge in [0.15, 0.2) is 6.10 Å². The molecule has 1 aliphatic heterocycles. The van der Waals surface area contributed by atoms with Crippen LogP contribution in [0.2, 0.25) is 0 Å². The van der Waals surface area contributed by atoms with E-state index in [0.717, 1.165) is 31.6 Å².